The van der Waals surface area contributed by atoms with Crippen molar-refractivity contribution in [3.63, 3.8) is 0 Å². The normalized spacial score (nSPS) is 21.3. The minimum Gasteiger partial charge on any atom is -0.466 e. The summed E-state index contributed by atoms with van der Waals surface area (Å²) in [5.74, 6) is 12.3. The highest BCUT2D eigenvalue weighted by Crippen LogP contribution is 2.48. The molecule has 0 aromatic heterocycles. The molecule has 18 nitrogen and oxygen atoms in total. The van der Waals surface area contributed by atoms with Gasteiger partial charge >= 0.3 is 52.8 Å². The molecular weight excluding hydrogens is 1030 g/mol. The average Bonchev–Trinajstić information content (AvgIpc) is 3.45. The fourth-order valence-electron chi connectivity index (χ4n) is 10.1. The smallest absolute Gasteiger partial charge is 0.466 e. The van der Waals surface area contributed by atoms with E-state index in [2.05, 4.69) is 102 Å². The Morgan fingerprint density at radius 2 is 0.654 bits per heavy atom. The van der Waals surface area contributed by atoms with Crippen LogP contribution in [0.15, 0.2) is 55.2 Å². The van der Waals surface area contributed by atoms with Gasteiger partial charge in [0.1, 0.15) is 17.8 Å². The molecule has 0 amide bonds. The van der Waals surface area contributed by atoms with Crippen LogP contribution >= 0.6 is 0 Å². The summed E-state index contributed by atoms with van der Waals surface area (Å²) in [4.78, 5) is 90.4. The van der Waals surface area contributed by atoms with Crippen LogP contribution in [0.1, 0.15) is 119 Å². The number of carbonyl (C=O) groups is 6. The quantitative estimate of drug-likeness (QED) is 0.0417. The molecule has 18 heteroatoms. The van der Waals surface area contributed by atoms with E-state index in [4.69, 9.17) is 67.9 Å². The van der Waals surface area contributed by atoms with Crippen molar-refractivity contribution in [2.24, 2.45) is 53.3 Å². The van der Waals surface area contributed by atoms with E-state index < -0.39 is 34.9 Å². The van der Waals surface area contributed by atoms with Crippen molar-refractivity contribution < 1.29 is 57.2 Å². The van der Waals surface area contributed by atoms with Gasteiger partial charge in [0.05, 0.1) is 37.6 Å². The van der Waals surface area contributed by atoms with Gasteiger partial charge in [0, 0.05) is 38.5 Å². The van der Waals surface area contributed by atoms with Gasteiger partial charge in [0.15, 0.2) is 39.1 Å². The first kappa shape index (κ1) is 70.0. The summed E-state index contributed by atoms with van der Waals surface area (Å²) in [7, 11) is 0. The third kappa shape index (κ3) is 22.3. The van der Waals surface area contributed by atoms with E-state index in [0.717, 1.165) is 0 Å². The van der Waals surface area contributed by atoms with Crippen LogP contribution < -0.4 is 0 Å². The predicted molar refractivity (Wildman–Crippen MR) is 299 cm³/mol. The zero-order valence-corrected chi connectivity index (χ0v) is 47.4. The summed E-state index contributed by atoms with van der Waals surface area (Å²) < 4.78 is 29.6. The van der Waals surface area contributed by atoms with Crippen molar-refractivity contribution in [1.82, 2.24) is 0 Å². The molecule has 0 bridgehead atoms. The van der Waals surface area contributed by atoms with Crippen LogP contribution in [0, 0.1) is 128 Å². The Bertz CT molecular complexity index is 2480. The Labute approximate surface area is 478 Å². The number of nitrogens with zero attached hydrogens (tertiary/aromatic N) is 6. The van der Waals surface area contributed by atoms with Gasteiger partial charge in [-0.05, 0) is 96.8 Å². The molecule has 0 heterocycles. The maximum atomic E-state index is 12.1. The third-order valence-electron chi connectivity index (χ3n) is 14.0. The minimum atomic E-state index is -1.35. The molecule has 0 spiro atoms. The van der Waals surface area contributed by atoms with E-state index in [1.54, 1.807) is 39.0 Å². The molecule has 9 atom stereocenters. The number of hydrogen-bond acceptors (Lipinski definition) is 12. The molecule has 3 aliphatic carbocycles. The molecule has 0 radical (unpaired) electrons. The Kier molecular flexibility index (Phi) is 32.6. The van der Waals surface area contributed by atoms with Crippen LogP contribution in [0.3, 0.4) is 0 Å². The predicted octanol–water partition coefficient (Wildman–Crippen LogP) is 10.2. The van der Waals surface area contributed by atoms with Gasteiger partial charge in [-0.25, -0.2) is 68.5 Å². The Hall–Kier alpha value is -9.00. The fourth-order valence-corrected chi connectivity index (χ4v) is 10.1. The van der Waals surface area contributed by atoms with Crippen LogP contribution in [0.25, 0.3) is 29.1 Å². The SMILES string of the molecule is [C-]#[N+]C(CC#CCOC(C)=O)([N+]#[C-])[C@@H]1CC[C@H](C(=O)OCC)C[C@H]1C=C=C.[C-]#[N+]C(CC#CCOC(C)=O)([N+]#[C-])[C@H]1CC[C@H](C(=O)OCC)C[C@@H]1C=C=C.[C-]#[N+]C(CC#CCOC(C)=O)([N+]#[C-])[C@H]1CC[C@H](C(=O)OCC)C[C@H]1C=C=C. The van der Waals surface area contributed by atoms with Crippen molar-refractivity contribution in [1.29, 1.82) is 0 Å². The molecule has 0 unspecified atom stereocenters. The molecule has 3 aliphatic rings. The van der Waals surface area contributed by atoms with E-state index in [0.29, 0.717) is 77.6 Å². The summed E-state index contributed by atoms with van der Waals surface area (Å²) in [6.45, 7) is 66.6. The zero-order valence-electron chi connectivity index (χ0n) is 47.4. The van der Waals surface area contributed by atoms with Crippen LogP contribution in [0.5, 0.6) is 0 Å². The molecule has 0 aromatic rings. The highest BCUT2D eigenvalue weighted by molar-refractivity contribution is 5.73. The second-order valence-electron chi connectivity index (χ2n) is 18.9. The first-order valence-electron chi connectivity index (χ1n) is 26.5. The molecule has 3 fully saturated rings. The highest BCUT2D eigenvalue weighted by Gasteiger charge is 2.59. The minimum absolute atomic E-state index is 0.0531. The molecule has 0 N–H and O–H groups in total. The average molecular weight is 1110 g/mol. The van der Waals surface area contributed by atoms with E-state index in [1.165, 1.54) is 20.8 Å². The van der Waals surface area contributed by atoms with Gasteiger partial charge in [0.2, 0.25) is 0 Å². The number of carbonyl (C=O) groups excluding carboxylic acids is 6. The third-order valence-corrected chi connectivity index (χ3v) is 14.0. The number of ether oxygens (including phenoxy) is 6. The Morgan fingerprint density at radius 1 is 0.420 bits per heavy atom. The lowest BCUT2D eigenvalue weighted by molar-refractivity contribution is -0.151. The molecule has 3 saturated carbocycles. The molecule has 0 saturated heterocycles. The molecule has 3 rings (SSSR count). The number of allylic oxidation sites excluding steroid dienone is 3. The van der Waals surface area contributed by atoms with E-state index in [9.17, 15) is 28.8 Å². The molecule has 81 heavy (non-hydrogen) atoms. The fraction of sp³-hybridized carbons (Fsp3) is 0.571. The van der Waals surface area contributed by atoms with Crippen LogP contribution in [-0.4, -0.2) is 92.4 Å². The van der Waals surface area contributed by atoms with Crippen molar-refractivity contribution in [3.05, 3.63) is 124 Å². The lowest BCUT2D eigenvalue weighted by atomic mass is 9.68. The largest absolute Gasteiger partial charge is 0.496 e. The standard InChI is InChI=1S/3C21H24N2O4/c3*1-6-10-17-15-18(20(25)26-7-2)11-12-19(17)21(22-4,23-5)13-8-9-14-27-16(3)24/h3*10,17-19H,1,7,11-15H2,2-3H3/t17-,18+,19+;17-,18+,19-;17-,18-,19-/m110/s1. The van der Waals surface area contributed by atoms with Crippen molar-refractivity contribution in [2.75, 3.05) is 39.6 Å². The van der Waals surface area contributed by atoms with Crippen LogP contribution in [0.4, 0.5) is 0 Å². The summed E-state index contributed by atoms with van der Waals surface area (Å²) in [5.41, 5.74) is 4.19. The first-order valence-corrected chi connectivity index (χ1v) is 26.5. The van der Waals surface area contributed by atoms with Gasteiger partial charge in [0.25, 0.3) is 0 Å². The molecule has 0 aromatic carbocycles. The zero-order chi connectivity index (χ0) is 60.9. The summed E-state index contributed by atoms with van der Waals surface area (Å²) in [6.07, 6.45) is 10.2. The van der Waals surface area contributed by atoms with Gasteiger partial charge in [-0.2, -0.15) is 0 Å². The van der Waals surface area contributed by atoms with Crippen molar-refractivity contribution in [2.45, 2.75) is 136 Å². The molecule has 0 aliphatic heterocycles. The lowest BCUT2D eigenvalue weighted by Crippen LogP contribution is -2.41. The van der Waals surface area contributed by atoms with Crippen LogP contribution in [0.2, 0.25) is 0 Å². The lowest BCUT2D eigenvalue weighted by Gasteiger charge is -2.33. The number of hydrogen-bond donors (Lipinski definition) is 0. The first-order chi connectivity index (χ1) is 38.8. The topological polar surface area (TPSA) is 184 Å². The molecule has 426 valence electrons. The Balaban J connectivity index is 0.000000607. The van der Waals surface area contributed by atoms with Crippen LogP contribution in [-0.2, 0) is 57.2 Å². The maximum Gasteiger partial charge on any atom is 0.496 e. The van der Waals surface area contributed by atoms with Gasteiger partial charge < -0.3 is 28.4 Å². The molecular formula is C63H72N6O12. The second kappa shape index (κ2) is 37.7. The van der Waals surface area contributed by atoms with Gasteiger partial charge in [-0.1, -0.05) is 55.3 Å². The monoisotopic (exact) mass is 1100 g/mol. The summed E-state index contributed by atoms with van der Waals surface area (Å²) >= 11 is 0. The Morgan fingerprint density at radius 3 is 0.840 bits per heavy atom. The van der Waals surface area contributed by atoms with E-state index in [1.807, 2.05) is 0 Å². The van der Waals surface area contributed by atoms with E-state index in [-0.39, 0.29) is 110 Å². The van der Waals surface area contributed by atoms with Gasteiger partial charge in [-0.3, -0.25) is 28.8 Å². The summed E-state index contributed by atoms with van der Waals surface area (Å²) in [5, 5.41) is 0. The van der Waals surface area contributed by atoms with Crippen molar-refractivity contribution >= 4 is 35.8 Å². The number of esters is 6. The van der Waals surface area contributed by atoms with Crippen molar-refractivity contribution in [3.8, 4) is 35.5 Å². The van der Waals surface area contributed by atoms with E-state index >= 15 is 0 Å². The highest BCUT2D eigenvalue weighted by atomic mass is 16.5. The summed E-state index contributed by atoms with van der Waals surface area (Å²) in [6, 6.07) is 0. The number of rotatable bonds is 18. The van der Waals surface area contributed by atoms with Gasteiger partial charge in [-0.15, -0.1) is 17.2 Å². The maximum absolute atomic E-state index is 12.1. The second-order valence-corrected chi connectivity index (χ2v) is 18.9.